The molecule has 0 fully saturated rings. The van der Waals surface area contributed by atoms with Crippen LogP contribution in [0.1, 0.15) is 23.2 Å². The van der Waals surface area contributed by atoms with Gasteiger partial charge in [0.05, 0.1) is 0 Å². The number of benzene rings is 1. The Kier molecular flexibility index (Phi) is 3.64. The van der Waals surface area contributed by atoms with Crippen LogP contribution < -0.4 is 5.32 Å². The van der Waals surface area contributed by atoms with E-state index >= 15 is 0 Å². The van der Waals surface area contributed by atoms with E-state index in [0.717, 1.165) is 36.2 Å². The maximum Gasteiger partial charge on any atom is 0.435 e. The maximum absolute atomic E-state index is 12.4. The van der Waals surface area contributed by atoms with Crippen molar-refractivity contribution in [2.75, 3.05) is 5.32 Å². The molecule has 0 saturated carbocycles. The van der Waals surface area contributed by atoms with Crippen LogP contribution in [-0.4, -0.2) is 15.7 Å². The molecule has 1 heterocycles. The van der Waals surface area contributed by atoms with Gasteiger partial charge in [-0.15, -0.1) is 0 Å². The van der Waals surface area contributed by atoms with Gasteiger partial charge in [-0.25, -0.2) is 0 Å². The number of hydrogen-bond acceptors (Lipinski definition) is 2. The lowest BCUT2D eigenvalue weighted by Crippen LogP contribution is -2.19. The van der Waals surface area contributed by atoms with E-state index in [1.54, 1.807) is 0 Å². The summed E-state index contributed by atoms with van der Waals surface area (Å²) in [6.07, 6.45) is -0.197. The van der Waals surface area contributed by atoms with Crippen molar-refractivity contribution in [3.05, 3.63) is 47.3 Å². The zero-order chi connectivity index (χ0) is 15.7. The fourth-order valence-corrected chi connectivity index (χ4v) is 2.60. The standard InChI is InChI=1S/C15H14F3N3O/c16-15(17,18)13-6-7-21(20-13)9-14(22)19-12-5-4-10-2-1-3-11(10)8-12/h4-8H,1-3,9H2,(H,19,22). The van der Waals surface area contributed by atoms with Crippen LogP contribution in [0.3, 0.4) is 0 Å². The smallest absolute Gasteiger partial charge is 0.324 e. The number of anilines is 1. The molecule has 1 N–H and O–H groups in total. The molecule has 1 aliphatic rings. The molecule has 1 amide bonds. The molecule has 1 aromatic carbocycles. The van der Waals surface area contributed by atoms with Crippen molar-refractivity contribution in [2.24, 2.45) is 0 Å². The average Bonchev–Trinajstić information content (AvgIpc) is 3.05. The Morgan fingerprint density at radius 2 is 2.00 bits per heavy atom. The summed E-state index contributed by atoms with van der Waals surface area (Å²) in [5.41, 5.74) is 2.17. The topological polar surface area (TPSA) is 46.9 Å². The first-order valence-corrected chi connectivity index (χ1v) is 6.94. The predicted molar refractivity (Wildman–Crippen MR) is 74.3 cm³/mol. The fourth-order valence-electron chi connectivity index (χ4n) is 2.60. The van der Waals surface area contributed by atoms with E-state index in [0.29, 0.717) is 5.69 Å². The van der Waals surface area contributed by atoms with Gasteiger partial charge >= 0.3 is 6.18 Å². The molecule has 116 valence electrons. The van der Waals surface area contributed by atoms with Crippen molar-refractivity contribution in [3.63, 3.8) is 0 Å². The number of carbonyl (C=O) groups excluding carboxylic acids is 1. The number of rotatable bonds is 3. The molecule has 0 bridgehead atoms. The van der Waals surface area contributed by atoms with Crippen LogP contribution in [0.15, 0.2) is 30.5 Å². The van der Waals surface area contributed by atoms with Crippen LogP contribution in [0, 0.1) is 0 Å². The summed E-state index contributed by atoms with van der Waals surface area (Å²) in [5, 5.41) is 6.04. The van der Waals surface area contributed by atoms with Gasteiger partial charge in [0.2, 0.25) is 5.91 Å². The largest absolute Gasteiger partial charge is 0.435 e. The van der Waals surface area contributed by atoms with Gasteiger partial charge in [0, 0.05) is 11.9 Å². The summed E-state index contributed by atoms with van der Waals surface area (Å²) in [7, 11) is 0. The normalized spacial score (nSPS) is 14.0. The highest BCUT2D eigenvalue weighted by Gasteiger charge is 2.33. The van der Waals surface area contributed by atoms with Crippen molar-refractivity contribution < 1.29 is 18.0 Å². The number of nitrogens with one attached hydrogen (secondary N) is 1. The maximum atomic E-state index is 12.4. The van der Waals surface area contributed by atoms with Crippen LogP contribution in [-0.2, 0) is 30.4 Å². The number of alkyl halides is 3. The van der Waals surface area contributed by atoms with E-state index in [1.807, 2.05) is 18.2 Å². The molecule has 0 spiro atoms. The number of aryl methyl sites for hydroxylation is 2. The molecule has 0 atom stereocenters. The highest BCUT2D eigenvalue weighted by Crippen LogP contribution is 2.27. The van der Waals surface area contributed by atoms with Gasteiger partial charge < -0.3 is 5.32 Å². The van der Waals surface area contributed by atoms with E-state index < -0.39 is 17.8 Å². The first kappa shape index (κ1) is 14.6. The zero-order valence-corrected chi connectivity index (χ0v) is 11.7. The van der Waals surface area contributed by atoms with Crippen LogP contribution in [0.4, 0.5) is 18.9 Å². The Labute approximate surface area is 124 Å². The minimum absolute atomic E-state index is 0.257. The Morgan fingerprint density at radius 3 is 2.73 bits per heavy atom. The third-order valence-corrected chi connectivity index (χ3v) is 3.62. The first-order chi connectivity index (χ1) is 10.4. The Hall–Kier alpha value is -2.31. The average molecular weight is 309 g/mol. The summed E-state index contributed by atoms with van der Waals surface area (Å²) in [6, 6.07) is 6.56. The highest BCUT2D eigenvalue weighted by atomic mass is 19.4. The van der Waals surface area contributed by atoms with E-state index in [2.05, 4.69) is 10.4 Å². The minimum atomic E-state index is -4.50. The van der Waals surface area contributed by atoms with Gasteiger partial charge in [0.15, 0.2) is 5.69 Å². The Balaban J connectivity index is 1.64. The van der Waals surface area contributed by atoms with Gasteiger partial charge in [-0.2, -0.15) is 18.3 Å². The van der Waals surface area contributed by atoms with E-state index in [1.165, 1.54) is 11.1 Å². The first-order valence-electron chi connectivity index (χ1n) is 6.94. The van der Waals surface area contributed by atoms with Crippen molar-refractivity contribution in [1.82, 2.24) is 9.78 Å². The zero-order valence-electron chi connectivity index (χ0n) is 11.7. The summed E-state index contributed by atoms with van der Waals surface area (Å²) in [4.78, 5) is 11.9. The number of aromatic nitrogens is 2. The molecule has 1 aliphatic carbocycles. The van der Waals surface area contributed by atoms with Gasteiger partial charge in [-0.05, 0) is 48.6 Å². The number of carbonyl (C=O) groups is 1. The molecule has 22 heavy (non-hydrogen) atoms. The van der Waals surface area contributed by atoms with Crippen molar-refractivity contribution in [3.8, 4) is 0 Å². The molecule has 0 radical (unpaired) electrons. The van der Waals surface area contributed by atoms with E-state index in [-0.39, 0.29) is 6.54 Å². The number of halogens is 3. The Bertz CT molecular complexity index is 706. The number of nitrogens with zero attached hydrogens (tertiary/aromatic N) is 2. The molecule has 7 heteroatoms. The molecule has 0 unspecified atom stereocenters. The molecule has 4 nitrogen and oxygen atoms in total. The number of hydrogen-bond donors (Lipinski definition) is 1. The second-order valence-corrected chi connectivity index (χ2v) is 5.28. The van der Waals surface area contributed by atoms with Crippen molar-refractivity contribution in [1.29, 1.82) is 0 Å². The van der Waals surface area contributed by atoms with E-state index in [9.17, 15) is 18.0 Å². The summed E-state index contributed by atoms with van der Waals surface area (Å²) in [6.45, 7) is -0.257. The molecular formula is C15H14F3N3O. The Morgan fingerprint density at radius 1 is 1.23 bits per heavy atom. The molecule has 2 aromatic rings. The highest BCUT2D eigenvalue weighted by molar-refractivity contribution is 5.90. The molecule has 0 saturated heterocycles. The van der Waals surface area contributed by atoms with Crippen molar-refractivity contribution in [2.45, 2.75) is 32.0 Å². The summed E-state index contributed by atoms with van der Waals surface area (Å²) >= 11 is 0. The third kappa shape index (κ3) is 3.13. The van der Waals surface area contributed by atoms with Gasteiger partial charge in [-0.1, -0.05) is 6.07 Å². The quantitative estimate of drug-likeness (QED) is 0.947. The summed E-state index contributed by atoms with van der Waals surface area (Å²) < 4.78 is 38.3. The lowest BCUT2D eigenvalue weighted by atomic mass is 10.1. The molecule has 0 aliphatic heterocycles. The molecule has 3 rings (SSSR count). The fraction of sp³-hybridized carbons (Fsp3) is 0.333. The molecule has 1 aromatic heterocycles. The molecular weight excluding hydrogens is 295 g/mol. The predicted octanol–water partition coefficient (Wildman–Crippen LogP) is 3.03. The van der Waals surface area contributed by atoms with Crippen LogP contribution in [0.25, 0.3) is 0 Å². The minimum Gasteiger partial charge on any atom is -0.324 e. The van der Waals surface area contributed by atoms with Crippen LogP contribution in [0.5, 0.6) is 0 Å². The monoisotopic (exact) mass is 309 g/mol. The number of amides is 1. The summed E-state index contributed by atoms with van der Waals surface area (Å²) in [5.74, 6) is -0.408. The second kappa shape index (κ2) is 5.47. The van der Waals surface area contributed by atoms with Crippen LogP contribution in [0.2, 0.25) is 0 Å². The number of fused-ring (bicyclic) bond motifs is 1. The van der Waals surface area contributed by atoms with E-state index in [4.69, 9.17) is 0 Å². The van der Waals surface area contributed by atoms with Crippen molar-refractivity contribution >= 4 is 11.6 Å². The van der Waals surface area contributed by atoms with Gasteiger partial charge in [-0.3, -0.25) is 9.48 Å². The van der Waals surface area contributed by atoms with Gasteiger partial charge in [0.25, 0.3) is 0 Å². The second-order valence-electron chi connectivity index (χ2n) is 5.28. The third-order valence-electron chi connectivity index (χ3n) is 3.62. The van der Waals surface area contributed by atoms with Crippen LogP contribution >= 0.6 is 0 Å². The lowest BCUT2D eigenvalue weighted by molar-refractivity contribution is -0.141. The SMILES string of the molecule is O=C(Cn1ccc(C(F)(F)F)n1)Nc1ccc2c(c1)CCC2. The lowest BCUT2D eigenvalue weighted by Gasteiger charge is -2.08. The van der Waals surface area contributed by atoms with Gasteiger partial charge in [0.1, 0.15) is 6.54 Å².